The van der Waals surface area contributed by atoms with Crippen molar-refractivity contribution in [2.24, 2.45) is 0 Å². The summed E-state index contributed by atoms with van der Waals surface area (Å²) in [6.07, 6.45) is 0. The number of aryl methyl sites for hydroxylation is 1. The highest BCUT2D eigenvalue weighted by atomic mass is 79.9. The molecule has 0 aromatic carbocycles. The molecular formula is C9H12BrNO4S3. The minimum absolute atomic E-state index is 0.0409. The van der Waals surface area contributed by atoms with Crippen LogP contribution in [-0.2, 0) is 19.9 Å². The van der Waals surface area contributed by atoms with Crippen molar-refractivity contribution < 1.29 is 16.8 Å². The summed E-state index contributed by atoms with van der Waals surface area (Å²) in [7, 11) is -6.63. The van der Waals surface area contributed by atoms with Crippen molar-refractivity contribution in [1.82, 2.24) is 4.31 Å². The molecule has 2 rings (SSSR count). The number of hydrogen-bond acceptors (Lipinski definition) is 5. The van der Waals surface area contributed by atoms with E-state index in [2.05, 4.69) is 15.9 Å². The zero-order valence-electron chi connectivity index (χ0n) is 9.59. The maximum absolute atomic E-state index is 12.3. The van der Waals surface area contributed by atoms with E-state index in [1.165, 1.54) is 4.31 Å². The summed E-state index contributed by atoms with van der Waals surface area (Å²) in [6.45, 7) is 1.90. The number of halogens is 1. The second-order valence-electron chi connectivity index (χ2n) is 4.08. The lowest BCUT2D eigenvalue weighted by Crippen LogP contribution is -2.43. The molecule has 0 N–H and O–H groups in total. The van der Waals surface area contributed by atoms with Gasteiger partial charge in [-0.25, -0.2) is 16.8 Å². The van der Waals surface area contributed by atoms with E-state index in [0.717, 1.165) is 20.7 Å². The highest BCUT2D eigenvalue weighted by molar-refractivity contribution is 9.11. The fourth-order valence-electron chi connectivity index (χ4n) is 1.62. The van der Waals surface area contributed by atoms with Gasteiger partial charge in [0.2, 0.25) is 0 Å². The first-order valence-electron chi connectivity index (χ1n) is 5.19. The van der Waals surface area contributed by atoms with E-state index in [-0.39, 0.29) is 28.8 Å². The maximum atomic E-state index is 12.3. The summed E-state index contributed by atoms with van der Waals surface area (Å²) in [4.78, 5) is 0. The molecule has 0 bridgehead atoms. The Balaban J connectivity index is 2.28. The minimum atomic E-state index is -3.56. The van der Waals surface area contributed by atoms with Crippen LogP contribution in [0.4, 0.5) is 0 Å². The van der Waals surface area contributed by atoms with Crippen LogP contribution >= 0.6 is 27.3 Å². The predicted octanol–water partition coefficient (Wildman–Crippen LogP) is 1.24. The molecule has 0 amide bonds. The van der Waals surface area contributed by atoms with Gasteiger partial charge in [-0.1, -0.05) is 0 Å². The van der Waals surface area contributed by atoms with Crippen LogP contribution in [-0.4, -0.2) is 45.7 Å². The van der Waals surface area contributed by atoms with Gasteiger partial charge >= 0.3 is 0 Å². The molecule has 0 radical (unpaired) electrons. The van der Waals surface area contributed by atoms with Crippen molar-refractivity contribution in [2.75, 3.05) is 24.6 Å². The lowest BCUT2D eigenvalue weighted by atomic mass is 10.4. The molecule has 1 aromatic heterocycles. The fraction of sp³-hybridized carbons (Fsp3) is 0.556. The molecule has 0 spiro atoms. The summed E-state index contributed by atoms with van der Waals surface area (Å²) < 4.78 is 49.4. The Morgan fingerprint density at radius 2 is 1.89 bits per heavy atom. The SMILES string of the molecule is Cc1cc(S(=O)(=O)N2CCS(=O)(=O)CC2)sc1Br. The normalized spacial score (nSPS) is 21.0. The van der Waals surface area contributed by atoms with Crippen molar-refractivity contribution in [1.29, 1.82) is 0 Å². The molecule has 9 heteroatoms. The van der Waals surface area contributed by atoms with Gasteiger partial charge in [0.05, 0.1) is 15.3 Å². The average molecular weight is 374 g/mol. The third-order valence-corrected chi connectivity index (χ3v) is 8.83. The van der Waals surface area contributed by atoms with Crippen LogP contribution in [0, 0.1) is 6.92 Å². The average Bonchev–Trinajstić information content (AvgIpc) is 2.59. The third kappa shape index (κ3) is 2.79. The first kappa shape index (κ1) is 14.4. The quantitative estimate of drug-likeness (QED) is 0.781. The second-order valence-corrected chi connectivity index (χ2v) is 10.9. The van der Waals surface area contributed by atoms with Crippen LogP contribution in [0.15, 0.2) is 14.1 Å². The molecule has 0 aliphatic carbocycles. The number of nitrogens with zero attached hydrogens (tertiary/aromatic N) is 1. The highest BCUT2D eigenvalue weighted by Crippen LogP contribution is 2.32. The molecular weight excluding hydrogens is 362 g/mol. The van der Waals surface area contributed by atoms with Gasteiger partial charge in [-0.2, -0.15) is 4.31 Å². The number of rotatable bonds is 2. The second kappa shape index (κ2) is 4.86. The van der Waals surface area contributed by atoms with Crippen molar-refractivity contribution in [3.63, 3.8) is 0 Å². The zero-order chi connectivity index (χ0) is 13.6. The van der Waals surface area contributed by atoms with E-state index >= 15 is 0 Å². The van der Waals surface area contributed by atoms with Gasteiger partial charge in [-0.15, -0.1) is 11.3 Å². The summed E-state index contributed by atoms with van der Waals surface area (Å²) in [5.74, 6) is -0.199. The van der Waals surface area contributed by atoms with E-state index in [1.807, 2.05) is 6.92 Å². The smallest absolute Gasteiger partial charge is 0.229 e. The van der Waals surface area contributed by atoms with E-state index < -0.39 is 19.9 Å². The molecule has 0 atom stereocenters. The Kier molecular flexibility index (Phi) is 3.90. The van der Waals surface area contributed by atoms with Gasteiger partial charge in [0.15, 0.2) is 9.84 Å². The summed E-state index contributed by atoms with van der Waals surface area (Å²) in [5.41, 5.74) is 0.864. The van der Waals surface area contributed by atoms with Crippen LogP contribution in [0.3, 0.4) is 0 Å². The molecule has 2 heterocycles. The molecule has 1 aromatic rings. The molecule has 0 saturated carbocycles. The standard InChI is InChI=1S/C9H12BrNO4S3/c1-7-6-8(16-9(7)10)18(14,15)11-2-4-17(12,13)5-3-11/h6H,2-5H2,1H3. The Morgan fingerprint density at radius 3 is 2.33 bits per heavy atom. The van der Waals surface area contributed by atoms with Gasteiger partial charge in [0.1, 0.15) is 4.21 Å². The zero-order valence-corrected chi connectivity index (χ0v) is 13.6. The molecule has 1 aliphatic rings. The molecule has 5 nitrogen and oxygen atoms in total. The number of sulfonamides is 1. The first-order valence-corrected chi connectivity index (χ1v) is 10.1. The van der Waals surface area contributed by atoms with Crippen molar-refractivity contribution in [2.45, 2.75) is 11.1 Å². The van der Waals surface area contributed by atoms with E-state index in [4.69, 9.17) is 0 Å². The van der Waals surface area contributed by atoms with Crippen LogP contribution in [0.25, 0.3) is 0 Å². The van der Waals surface area contributed by atoms with Gasteiger partial charge < -0.3 is 0 Å². The topological polar surface area (TPSA) is 71.5 Å². The monoisotopic (exact) mass is 373 g/mol. The van der Waals surface area contributed by atoms with Crippen LogP contribution in [0.1, 0.15) is 5.56 Å². The van der Waals surface area contributed by atoms with Crippen molar-refractivity contribution in [3.8, 4) is 0 Å². The Bertz CT molecular complexity index is 628. The number of sulfone groups is 1. The van der Waals surface area contributed by atoms with E-state index in [1.54, 1.807) is 6.07 Å². The minimum Gasteiger partial charge on any atom is -0.229 e. The van der Waals surface area contributed by atoms with Crippen LogP contribution in [0.2, 0.25) is 0 Å². The maximum Gasteiger partial charge on any atom is 0.252 e. The Labute approximate surface area is 119 Å². The van der Waals surface area contributed by atoms with Crippen molar-refractivity contribution in [3.05, 3.63) is 15.4 Å². The molecule has 1 fully saturated rings. The lowest BCUT2D eigenvalue weighted by molar-refractivity contribution is 0.432. The van der Waals surface area contributed by atoms with Crippen molar-refractivity contribution >= 4 is 47.1 Å². The van der Waals surface area contributed by atoms with E-state index in [9.17, 15) is 16.8 Å². The van der Waals surface area contributed by atoms with E-state index in [0.29, 0.717) is 0 Å². The van der Waals surface area contributed by atoms with Crippen LogP contribution in [0.5, 0.6) is 0 Å². The number of thiophene rings is 1. The molecule has 102 valence electrons. The summed E-state index contributed by atoms with van der Waals surface area (Å²) in [5, 5.41) is 0. The summed E-state index contributed by atoms with van der Waals surface area (Å²) >= 11 is 4.44. The predicted molar refractivity (Wildman–Crippen MR) is 74.2 cm³/mol. The highest BCUT2D eigenvalue weighted by Gasteiger charge is 2.32. The van der Waals surface area contributed by atoms with Crippen LogP contribution < -0.4 is 0 Å². The molecule has 1 aliphatic heterocycles. The molecule has 1 saturated heterocycles. The molecule has 0 unspecified atom stereocenters. The largest absolute Gasteiger partial charge is 0.252 e. The fourth-order valence-corrected chi connectivity index (χ4v) is 6.88. The Hall–Kier alpha value is 0.0400. The lowest BCUT2D eigenvalue weighted by Gasteiger charge is -2.25. The van der Waals surface area contributed by atoms with Gasteiger partial charge in [-0.3, -0.25) is 0 Å². The Morgan fingerprint density at radius 1 is 1.33 bits per heavy atom. The molecule has 18 heavy (non-hydrogen) atoms. The third-order valence-electron chi connectivity index (χ3n) is 2.73. The van der Waals surface area contributed by atoms with Gasteiger partial charge in [0.25, 0.3) is 10.0 Å². The number of hydrogen-bond donors (Lipinski definition) is 0. The summed E-state index contributed by atoms with van der Waals surface area (Å²) in [6, 6.07) is 1.60. The first-order chi connectivity index (χ1) is 8.22. The van der Waals surface area contributed by atoms with Gasteiger partial charge in [0, 0.05) is 13.1 Å². The van der Waals surface area contributed by atoms with Gasteiger partial charge in [-0.05, 0) is 34.5 Å².